The molecule has 0 unspecified atom stereocenters. The second-order valence-corrected chi connectivity index (χ2v) is 7.92. The van der Waals surface area contributed by atoms with Crippen LogP contribution in [0.4, 0.5) is 5.69 Å². The first-order chi connectivity index (χ1) is 13.0. The summed E-state index contributed by atoms with van der Waals surface area (Å²) >= 11 is 0. The van der Waals surface area contributed by atoms with E-state index in [1.165, 1.54) is 11.1 Å². The highest BCUT2D eigenvalue weighted by Gasteiger charge is 2.29. The first-order valence-electron chi connectivity index (χ1n) is 10.4. The van der Waals surface area contributed by atoms with Crippen LogP contribution in [0.1, 0.15) is 50.7 Å². The summed E-state index contributed by atoms with van der Waals surface area (Å²) in [4.78, 5) is 28.1. The molecule has 1 saturated heterocycles. The van der Waals surface area contributed by atoms with Crippen molar-refractivity contribution in [3.63, 3.8) is 0 Å². The van der Waals surface area contributed by atoms with Gasteiger partial charge in [0.1, 0.15) is 0 Å². The van der Waals surface area contributed by atoms with Gasteiger partial charge in [-0.05, 0) is 68.8 Å². The summed E-state index contributed by atoms with van der Waals surface area (Å²) in [6.07, 6.45) is 5.24. The molecule has 0 aromatic heterocycles. The molecule has 0 bridgehead atoms. The predicted molar refractivity (Wildman–Crippen MR) is 107 cm³/mol. The highest BCUT2D eigenvalue weighted by molar-refractivity contribution is 5.97. The van der Waals surface area contributed by atoms with Gasteiger partial charge in [0, 0.05) is 24.7 Å². The zero-order valence-corrected chi connectivity index (χ0v) is 16.6. The largest absolute Gasteiger partial charge is 0.481 e. The van der Waals surface area contributed by atoms with Crippen molar-refractivity contribution in [1.29, 1.82) is 0 Å². The number of rotatable bonds is 7. The second-order valence-electron chi connectivity index (χ2n) is 7.92. The number of aliphatic carboxylic acids is 1. The van der Waals surface area contributed by atoms with Crippen molar-refractivity contribution in [2.75, 3.05) is 31.1 Å². The van der Waals surface area contributed by atoms with Gasteiger partial charge in [0.25, 0.3) is 0 Å². The quantitative estimate of drug-likeness (QED) is 0.797. The van der Waals surface area contributed by atoms with E-state index in [1.807, 2.05) is 4.90 Å². The normalized spacial score (nSPS) is 18.1. The van der Waals surface area contributed by atoms with Gasteiger partial charge in [0.05, 0.1) is 5.92 Å². The van der Waals surface area contributed by atoms with E-state index in [0.717, 1.165) is 70.4 Å². The maximum absolute atomic E-state index is 12.7. The Kier molecular flexibility index (Phi) is 6.53. The van der Waals surface area contributed by atoms with E-state index in [-0.39, 0.29) is 17.7 Å². The number of carboxylic acids is 1. The Bertz CT molecular complexity index is 676. The zero-order valence-electron chi connectivity index (χ0n) is 16.6. The number of likely N-dealkylation sites (tertiary alicyclic amines) is 1. The van der Waals surface area contributed by atoms with Gasteiger partial charge in [0.15, 0.2) is 0 Å². The first kappa shape index (κ1) is 19.9. The Labute approximate surface area is 162 Å². The molecule has 0 spiro atoms. The number of amides is 1. The summed E-state index contributed by atoms with van der Waals surface area (Å²) in [6, 6.07) is 6.54. The number of carbonyl (C=O) groups is 2. The highest BCUT2D eigenvalue weighted by atomic mass is 16.4. The van der Waals surface area contributed by atoms with Crippen molar-refractivity contribution < 1.29 is 14.7 Å². The summed E-state index contributed by atoms with van der Waals surface area (Å²) < 4.78 is 0. The highest BCUT2D eigenvalue weighted by Crippen LogP contribution is 2.31. The molecule has 1 amide bonds. The third-order valence-electron chi connectivity index (χ3n) is 6.29. The molecule has 2 aliphatic rings. The lowest BCUT2D eigenvalue weighted by molar-refractivity contribution is -0.143. The van der Waals surface area contributed by atoms with Crippen LogP contribution in [-0.4, -0.2) is 48.1 Å². The number of piperidine rings is 1. The Morgan fingerprint density at radius 2 is 1.85 bits per heavy atom. The maximum Gasteiger partial charge on any atom is 0.306 e. The third kappa shape index (κ3) is 4.52. The minimum absolute atomic E-state index is 0.129. The molecule has 1 aromatic rings. The fourth-order valence-corrected chi connectivity index (χ4v) is 4.39. The molecule has 3 rings (SSSR count). The fourth-order valence-electron chi connectivity index (χ4n) is 4.39. The van der Waals surface area contributed by atoms with Crippen LogP contribution < -0.4 is 4.90 Å². The zero-order chi connectivity index (χ0) is 19.4. The Balaban J connectivity index is 1.56. The van der Waals surface area contributed by atoms with Crippen LogP contribution in [0.5, 0.6) is 0 Å². The number of anilines is 1. The monoisotopic (exact) mass is 372 g/mol. The number of carbonyl (C=O) groups excluding carboxylic acids is 1. The number of fused-ring (bicyclic) bond motifs is 1. The lowest BCUT2D eigenvalue weighted by atomic mass is 9.96. The van der Waals surface area contributed by atoms with Gasteiger partial charge in [-0.3, -0.25) is 9.59 Å². The van der Waals surface area contributed by atoms with E-state index < -0.39 is 5.97 Å². The Morgan fingerprint density at radius 3 is 2.48 bits per heavy atom. The van der Waals surface area contributed by atoms with Crippen LogP contribution in [0.15, 0.2) is 18.2 Å². The first-order valence-corrected chi connectivity index (χ1v) is 10.4. The van der Waals surface area contributed by atoms with Gasteiger partial charge < -0.3 is 14.9 Å². The molecule has 0 saturated carbocycles. The van der Waals surface area contributed by atoms with Crippen LogP contribution in [0, 0.1) is 11.8 Å². The summed E-state index contributed by atoms with van der Waals surface area (Å²) in [6.45, 7) is 7.70. The summed E-state index contributed by atoms with van der Waals surface area (Å²) in [7, 11) is 0. The predicted octanol–water partition coefficient (Wildman–Crippen LogP) is 3.35. The van der Waals surface area contributed by atoms with Crippen molar-refractivity contribution in [1.82, 2.24) is 4.90 Å². The van der Waals surface area contributed by atoms with Gasteiger partial charge in [-0.25, -0.2) is 0 Å². The molecule has 0 aliphatic carbocycles. The smallest absolute Gasteiger partial charge is 0.306 e. The van der Waals surface area contributed by atoms with Crippen LogP contribution in [0.2, 0.25) is 0 Å². The van der Waals surface area contributed by atoms with Gasteiger partial charge in [-0.15, -0.1) is 0 Å². The topological polar surface area (TPSA) is 60.9 Å². The van der Waals surface area contributed by atoms with Crippen molar-refractivity contribution >= 4 is 17.6 Å². The van der Waals surface area contributed by atoms with Gasteiger partial charge >= 0.3 is 5.97 Å². The number of hydrogen-bond donors (Lipinski definition) is 1. The fraction of sp³-hybridized carbons (Fsp3) is 0.636. The number of nitrogens with zero attached hydrogens (tertiary/aromatic N) is 2. The van der Waals surface area contributed by atoms with Crippen molar-refractivity contribution in [2.24, 2.45) is 11.8 Å². The van der Waals surface area contributed by atoms with Crippen LogP contribution in [-0.2, 0) is 22.4 Å². The molecule has 1 fully saturated rings. The molecule has 5 nitrogen and oxygen atoms in total. The molecule has 1 N–H and O–H groups in total. The third-order valence-corrected chi connectivity index (χ3v) is 6.29. The van der Waals surface area contributed by atoms with E-state index in [9.17, 15) is 9.59 Å². The summed E-state index contributed by atoms with van der Waals surface area (Å²) in [5.74, 6) is -0.419. The lowest BCUT2D eigenvalue weighted by Gasteiger charge is -2.30. The van der Waals surface area contributed by atoms with Gasteiger partial charge in [0.2, 0.25) is 5.91 Å². The SMILES string of the molecule is CCC(CC)C(=O)N1CCc2cc(CCN3CCC(C(=O)O)CC3)ccc21. The Morgan fingerprint density at radius 1 is 1.15 bits per heavy atom. The molecular formula is C22H32N2O3. The van der Waals surface area contributed by atoms with E-state index in [1.54, 1.807) is 0 Å². The molecule has 2 heterocycles. The number of benzene rings is 1. The van der Waals surface area contributed by atoms with Crippen LogP contribution >= 0.6 is 0 Å². The van der Waals surface area contributed by atoms with Gasteiger partial charge in [-0.1, -0.05) is 26.0 Å². The maximum atomic E-state index is 12.7. The van der Waals surface area contributed by atoms with E-state index in [2.05, 4.69) is 36.9 Å². The Hall–Kier alpha value is -1.88. The number of carboxylic acid groups (broad SMARTS) is 1. The molecular weight excluding hydrogens is 340 g/mol. The average molecular weight is 373 g/mol. The molecule has 1 aromatic carbocycles. The lowest BCUT2D eigenvalue weighted by Crippen LogP contribution is -2.37. The minimum atomic E-state index is -0.652. The molecule has 0 atom stereocenters. The molecule has 5 heteroatoms. The van der Waals surface area contributed by atoms with Gasteiger partial charge in [-0.2, -0.15) is 0 Å². The van der Waals surface area contributed by atoms with Crippen LogP contribution in [0.3, 0.4) is 0 Å². The summed E-state index contributed by atoms with van der Waals surface area (Å²) in [5.41, 5.74) is 3.69. The van der Waals surface area contributed by atoms with Crippen molar-refractivity contribution in [3.8, 4) is 0 Å². The number of hydrogen-bond acceptors (Lipinski definition) is 3. The van der Waals surface area contributed by atoms with Crippen molar-refractivity contribution in [3.05, 3.63) is 29.3 Å². The van der Waals surface area contributed by atoms with E-state index in [4.69, 9.17) is 5.11 Å². The second kappa shape index (κ2) is 8.87. The molecule has 27 heavy (non-hydrogen) atoms. The van der Waals surface area contributed by atoms with E-state index in [0.29, 0.717) is 0 Å². The standard InChI is InChI=1S/C22H32N2O3/c1-3-17(4-2)21(25)24-14-10-19-15-16(5-6-20(19)24)7-11-23-12-8-18(9-13-23)22(26)27/h5-6,15,17-18H,3-4,7-14H2,1-2H3,(H,26,27). The average Bonchev–Trinajstić information content (AvgIpc) is 3.10. The van der Waals surface area contributed by atoms with E-state index >= 15 is 0 Å². The minimum Gasteiger partial charge on any atom is -0.481 e. The molecule has 2 aliphatic heterocycles. The molecule has 148 valence electrons. The van der Waals surface area contributed by atoms with Crippen LogP contribution in [0.25, 0.3) is 0 Å². The molecule has 0 radical (unpaired) electrons. The summed E-state index contributed by atoms with van der Waals surface area (Å²) in [5, 5.41) is 9.10. The van der Waals surface area contributed by atoms with Crippen molar-refractivity contribution in [2.45, 2.75) is 52.4 Å².